The van der Waals surface area contributed by atoms with Gasteiger partial charge in [-0.15, -0.1) is 0 Å². The van der Waals surface area contributed by atoms with Gasteiger partial charge in [-0.2, -0.15) is 0 Å². The third-order valence-corrected chi connectivity index (χ3v) is 4.33. The zero-order valence-electron chi connectivity index (χ0n) is 14.1. The number of carbonyl (C=O) groups is 3. The summed E-state index contributed by atoms with van der Waals surface area (Å²) in [4.78, 5) is 38.6. The highest BCUT2D eigenvalue weighted by Crippen LogP contribution is 2.25. The first-order valence-electron chi connectivity index (χ1n) is 8.36. The maximum Gasteiger partial charge on any atom is 0.417 e. The summed E-state index contributed by atoms with van der Waals surface area (Å²) >= 11 is 0. The monoisotopic (exact) mass is 347 g/mol. The highest BCUT2D eigenvalue weighted by Gasteiger charge is 2.39. The lowest BCUT2D eigenvalue weighted by molar-refractivity contribution is -0.127. The van der Waals surface area contributed by atoms with Crippen LogP contribution in [-0.4, -0.2) is 60.2 Å². The van der Waals surface area contributed by atoms with Crippen molar-refractivity contribution in [1.29, 1.82) is 0 Å². The van der Waals surface area contributed by atoms with Crippen LogP contribution in [0.1, 0.15) is 19.8 Å². The molecule has 2 fully saturated rings. The van der Waals surface area contributed by atoms with Gasteiger partial charge in [-0.05, 0) is 31.9 Å². The Bertz CT molecular complexity index is 654. The molecule has 0 radical (unpaired) electrons. The summed E-state index contributed by atoms with van der Waals surface area (Å²) in [7, 11) is 0. The molecule has 4 amide bonds. The van der Waals surface area contributed by atoms with Gasteiger partial charge in [-0.3, -0.25) is 4.79 Å². The summed E-state index contributed by atoms with van der Waals surface area (Å²) in [6, 6.07) is 6.83. The van der Waals surface area contributed by atoms with Crippen molar-refractivity contribution in [3.05, 3.63) is 24.3 Å². The van der Waals surface area contributed by atoms with Crippen LogP contribution in [0.3, 0.4) is 0 Å². The second-order valence-electron chi connectivity index (χ2n) is 5.90. The van der Waals surface area contributed by atoms with Gasteiger partial charge >= 0.3 is 12.1 Å². The Labute approximate surface area is 145 Å². The molecule has 8 nitrogen and oxygen atoms in total. The van der Waals surface area contributed by atoms with E-state index in [2.05, 4.69) is 5.32 Å². The van der Waals surface area contributed by atoms with E-state index in [1.54, 1.807) is 17.0 Å². The smallest absolute Gasteiger partial charge is 0.417 e. The first kappa shape index (κ1) is 17.1. The van der Waals surface area contributed by atoms with Gasteiger partial charge < -0.3 is 19.7 Å². The van der Waals surface area contributed by atoms with Gasteiger partial charge in [0.2, 0.25) is 0 Å². The first-order valence-corrected chi connectivity index (χ1v) is 8.36. The quantitative estimate of drug-likeness (QED) is 0.901. The molecule has 25 heavy (non-hydrogen) atoms. The Morgan fingerprint density at radius 3 is 2.64 bits per heavy atom. The molecule has 134 valence electrons. The summed E-state index contributed by atoms with van der Waals surface area (Å²) in [6.45, 7) is 3.13. The lowest BCUT2D eigenvalue weighted by atomic mass is 10.0. The molecule has 0 aromatic heterocycles. The molecule has 8 heteroatoms. The van der Waals surface area contributed by atoms with E-state index < -0.39 is 6.09 Å². The SMILES string of the molecule is CCOc1ccccc1NC(=O)N1CCC(N2C(=O)COC2=O)CC1. The highest BCUT2D eigenvalue weighted by molar-refractivity contribution is 5.98. The molecule has 0 unspecified atom stereocenters. The number of rotatable bonds is 4. The minimum atomic E-state index is -0.585. The number of cyclic esters (lactones) is 1. The molecular weight excluding hydrogens is 326 g/mol. The molecule has 1 N–H and O–H groups in total. The van der Waals surface area contributed by atoms with Crippen LogP contribution < -0.4 is 10.1 Å². The summed E-state index contributed by atoms with van der Waals surface area (Å²) in [6.07, 6.45) is 0.501. The fourth-order valence-electron chi connectivity index (χ4n) is 3.09. The summed E-state index contributed by atoms with van der Waals surface area (Å²) < 4.78 is 10.3. The van der Waals surface area contributed by atoms with Crippen molar-refractivity contribution in [1.82, 2.24) is 9.80 Å². The van der Waals surface area contributed by atoms with Gasteiger partial charge in [-0.1, -0.05) is 12.1 Å². The number of nitrogens with one attached hydrogen (secondary N) is 1. The summed E-state index contributed by atoms with van der Waals surface area (Å²) in [5, 5.41) is 2.86. The van der Waals surface area contributed by atoms with E-state index in [-0.39, 0.29) is 24.6 Å². The summed E-state index contributed by atoms with van der Waals surface area (Å²) in [5.74, 6) is 0.317. The Kier molecular flexibility index (Phi) is 5.06. The lowest BCUT2D eigenvalue weighted by Crippen LogP contribution is -2.49. The number of urea groups is 1. The van der Waals surface area contributed by atoms with Crippen molar-refractivity contribution in [2.75, 3.05) is 31.6 Å². The van der Waals surface area contributed by atoms with Gasteiger partial charge in [-0.25, -0.2) is 14.5 Å². The molecule has 1 aromatic carbocycles. The first-order chi connectivity index (χ1) is 12.1. The highest BCUT2D eigenvalue weighted by atomic mass is 16.6. The zero-order chi connectivity index (χ0) is 17.8. The van der Waals surface area contributed by atoms with E-state index in [0.29, 0.717) is 44.0 Å². The molecule has 1 aromatic rings. The van der Waals surface area contributed by atoms with Gasteiger partial charge in [0.05, 0.1) is 12.3 Å². The number of likely N-dealkylation sites (tertiary alicyclic amines) is 1. The van der Waals surface area contributed by atoms with Gasteiger partial charge in [0.25, 0.3) is 5.91 Å². The maximum atomic E-state index is 12.5. The number of ether oxygens (including phenoxy) is 2. The third-order valence-electron chi connectivity index (χ3n) is 4.33. The average molecular weight is 347 g/mol. The number of hydrogen-bond acceptors (Lipinski definition) is 5. The Morgan fingerprint density at radius 1 is 1.28 bits per heavy atom. The van der Waals surface area contributed by atoms with E-state index in [1.807, 2.05) is 19.1 Å². The molecule has 0 aliphatic carbocycles. The van der Waals surface area contributed by atoms with Crippen LogP contribution in [0.2, 0.25) is 0 Å². The Morgan fingerprint density at radius 2 is 2.00 bits per heavy atom. The van der Waals surface area contributed by atoms with Crippen LogP contribution in [0.4, 0.5) is 15.3 Å². The molecule has 0 saturated carbocycles. The van der Waals surface area contributed by atoms with Gasteiger partial charge in [0.1, 0.15) is 5.75 Å². The fourth-order valence-corrected chi connectivity index (χ4v) is 3.09. The number of amides is 4. The van der Waals surface area contributed by atoms with E-state index in [4.69, 9.17) is 9.47 Å². The minimum absolute atomic E-state index is 0.187. The standard InChI is InChI=1S/C17H21N3O5/c1-2-24-14-6-4-3-5-13(14)18-16(22)19-9-7-12(8-10-19)20-15(21)11-25-17(20)23/h3-6,12H,2,7-11H2,1H3,(H,18,22). The van der Waals surface area contributed by atoms with E-state index in [9.17, 15) is 14.4 Å². The lowest BCUT2D eigenvalue weighted by Gasteiger charge is -2.34. The van der Waals surface area contributed by atoms with E-state index in [1.165, 1.54) is 4.90 Å². The van der Waals surface area contributed by atoms with Gasteiger partial charge in [0.15, 0.2) is 6.61 Å². The molecule has 2 heterocycles. The van der Waals surface area contributed by atoms with Crippen LogP contribution in [0.25, 0.3) is 0 Å². The van der Waals surface area contributed by atoms with Gasteiger partial charge in [0, 0.05) is 19.1 Å². The van der Waals surface area contributed by atoms with E-state index >= 15 is 0 Å². The van der Waals surface area contributed by atoms with Crippen molar-refractivity contribution in [2.24, 2.45) is 0 Å². The van der Waals surface area contributed by atoms with Crippen molar-refractivity contribution in [2.45, 2.75) is 25.8 Å². The van der Waals surface area contributed by atoms with Crippen LogP contribution in [0.5, 0.6) is 5.75 Å². The molecular formula is C17H21N3O5. The number of benzene rings is 1. The van der Waals surface area contributed by atoms with Crippen LogP contribution in [0.15, 0.2) is 24.3 Å². The second kappa shape index (κ2) is 7.42. The second-order valence-corrected chi connectivity index (χ2v) is 5.90. The predicted octanol–water partition coefficient (Wildman–Crippen LogP) is 2.06. The fraction of sp³-hybridized carbons (Fsp3) is 0.471. The molecule has 2 aliphatic rings. The van der Waals surface area contributed by atoms with Crippen LogP contribution in [-0.2, 0) is 9.53 Å². The van der Waals surface area contributed by atoms with Crippen molar-refractivity contribution < 1.29 is 23.9 Å². The number of carbonyl (C=O) groups excluding carboxylic acids is 3. The van der Waals surface area contributed by atoms with Crippen molar-refractivity contribution in [3.63, 3.8) is 0 Å². The number of para-hydroxylation sites is 2. The zero-order valence-corrected chi connectivity index (χ0v) is 14.1. The number of piperidine rings is 1. The molecule has 3 rings (SSSR count). The molecule has 0 bridgehead atoms. The number of nitrogens with zero attached hydrogens (tertiary/aromatic N) is 2. The van der Waals surface area contributed by atoms with Crippen molar-refractivity contribution >= 4 is 23.7 Å². The molecule has 2 saturated heterocycles. The largest absolute Gasteiger partial charge is 0.492 e. The Hall–Kier alpha value is -2.77. The number of anilines is 1. The predicted molar refractivity (Wildman–Crippen MR) is 89.4 cm³/mol. The minimum Gasteiger partial charge on any atom is -0.492 e. The maximum absolute atomic E-state index is 12.5. The third kappa shape index (κ3) is 3.67. The topological polar surface area (TPSA) is 88.2 Å². The van der Waals surface area contributed by atoms with E-state index in [0.717, 1.165) is 0 Å². The Balaban J connectivity index is 1.57. The molecule has 2 aliphatic heterocycles. The number of imide groups is 1. The van der Waals surface area contributed by atoms with Crippen LogP contribution in [0, 0.1) is 0 Å². The molecule has 0 atom stereocenters. The average Bonchev–Trinajstić information content (AvgIpc) is 2.95. The van der Waals surface area contributed by atoms with Crippen molar-refractivity contribution in [3.8, 4) is 5.75 Å². The summed E-state index contributed by atoms with van der Waals surface area (Å²) in [5.41, 5.74) is 0.620. The normalized spacial score (nSPS) is 18.3. The van der Waals surface area contributed by atoms with Crippen LogP contribution >= 0.6 is 0 Å². The molecule has 0 spiro atoms. The number of hydrogen-bond donors (Lipinski definition) is 1.